The van der Waals surface area contributed by atoms with Gasteiger partial charge in [-0.3, -0.25) is 29.0 Å². The van der Waals surface area contributed by atoms with Crippen LogP contribution in [0.1, 0.15) is 53.9 Å². The second-order valence-corrected chi connectivity index (χ2v) is 16.1. The van der Waals surface area contributed by atoms with Gasteiger partial charge in [-0.15, -0.1) is 0 Å². The van der Waals surface area contributed by atoms with Crippen molar-refractivity contribution >= 4 is 29.0 Å². The summed E-state index contributed by atoms with van der Waals surface area (Å²) in [5.41, 5.74) is 2.75. The first-order valence-electron chi connectivity index (χ1n) is 20.0. The van der Waals surface area contributed by atoms with E-state index in [1.165, 1.54) is 38.0 Å². The van der Waals surface area contributed by atoms with Crippen LogP contribution in [-0.4, -0.2) is 71.6 Å². The highest BCUT2D eigenvalue weighted by atomic mass is 16.5. The molecule has 57 heavy (non-hydrogen) atoms. The van der Waals surface area contributed by atoms with E-state index in [0.29, 0.717) is 53.0 Å². The van der Waals surface area contributed by atoms with Crippen LogP contribution < -0.4 is 9.47 Å². The average Bonchev–Trinajstić information content (AvgIpc) is 3.51. The molecule has 6 unspecified atom stereocenters. The second kappa shape index (κ2) is 14.6. The van der Waals surface area contributed by atoms with E-state index in [1.807, 2.05) is 78.9 Å². The first-order chi connectivity index (χ1) is 27.8. The molecule has 290 valence electrons. The summed E-state index contributed by atoms with van der Waals surface area (Å²) in [6, 6.07) is 31.8. The normalized spacial score (nSPS) is 27.6. The van der Waals surface area contributed by atoms with E-state index in [1.54, 1.807) is 4.90 Å². The zero-order valence-corrected chi connectivity index (χ0v) is 32.2. The largest absolute Gasteiger partial charge is 0.508 e. The van der Waals surface area contributed by atoms with Crippen LogP contribution in [0.15, 0.2) is 121 Å². The van der Waals surface area contributed by atoms with Gasteiger partial charge in [-0.05, 0) is 54.4 Å². The van der Waals surface area contributed by atoms with E-state index >= 15 is 9.59 Å². The topological polar surface area (TPSA) is 113 Å². The van der Waals surface area contributed by atoms with Crippen molar-refractivity contribution in [1.29, 1.82) is 0 Å². The molecule has 0 bridgehead atoms. The van der Waals surface area contributed by atoms with Gasteiger partial charge in [0.2, 0.25) is 11.8 Å². The summed E-state index contributed by atoms with van der Waals surface area (Å²) in [5, 5.41) is 10.8. The third-order valence-electron chi connectivity index (χ3n) is 13.4. The Bertz CT molecular complexity index is 2270. The molecule has 2 heterocycles. The predicted molar refractivity (Wildman–Crippen MR) is 214 cm³/mol. The van der Waals surface area contributed by atoms with Crippen LogP contribution in [0.5, 0.6) is 17.2 Å². The molecule has 9 nitrogen and oxygen atoms in total. The summed E-state index contributed by atoms with van der Waals surface area (Å²) in [6.45, 7) is 2.36. The van der Waals surface area contributed by atoms with Crippen LogP contribution >= 0.6 is 0 Å². The molecule has 3 aliphatic carbocycles. The molecule has 4 aromatic rings. The smallest absolute Gasteiger partial charge is 0.233 e. The van der Waals surface area contributed by atoms with Gasteiger partial charge >= 0.3 is 0 Å². The number of amides is 2. The van der Waals surface area contributed by atoms with E-state index in [-0.39, 0.29) is 41.6 Å². The second-order valence-electron chi connectivity index (χ2n) is 16.1. The third kappa shape index (κ3) is 5.85. The van der Waals surface area contributed by atoms with Crippen molar-refractivity contribution in [1.82, 2.24) is 9.80 Å². The van der Waals surface area contributed by atoms with Gasteiger partial charge in [0.25, 0.3) is 0 Å². The standard InChI is InChI=1S/C48H46N2O7/c1-56-39-24-33(51)25-40(57-2)43(39)44-34-18-19-35-42(47(55)50(46(35)54)32-20-22-49(23-21-32)28-29-12-6-3-7-13-29)37(34)26-38-45(53)36(30-14-8-4-9-15-30)27-41(52)48(38,44)31-16-10-5-11-17-31/h3-18,24-25,27,32,35,37-38,42,44,51H,19-23,26,28H2,1-2H3. The Morgan fingerprint density at radius 3 is 2.02 bits per heavy atom. The van der Waals surface area contributed by atoms with Crippen LogP contribution in [0.3, 0.4) is 0 Å². The van der Waals surface area contributed by atoms with Gasteiger partial charge in [0.1, 0.15) is 17.2 Å². The molecule has 6 atom stereocenters. The lowest BCUT2D eigenvalue weighted by atomic mass is 9.44. The van der Waals surface area contributed by atoms with Crippen LogP contribution in [0, 0.1) is 23.7 Å². The Kier molecular flexibility index (Phi) is 9.44. The molecule has 1 N–H and O–H groups in total. The van der Waals surface area contributed by atoms with Crippen LogP contribution in [0.4, 0.5) is 0 Å². The molecule has 0 aromatic heterocycles. The number of aromatic hydroxyl groups is 1. The van der Waals surface area contributed by atoms with E-state index in [2.05, 4.69) is 23.1 Å². The maximum absolute atomic E-state index is 15.4. The molecule has 5 aliphatic rings. The van der Waals surface area contributed by atoms with E-state index in [0.717, 1.165) is 25.2 Å². The number of carbonyl (C=O) groups is 4. The van der Waals surface area contributed by atoms with Crippen molar-refractivity contribution in [3.05, 3.63) is 143 Å². The number of rotatable bonds is 8. The number of allylic oxidation sites excluding steroid dienone is 4. The summed E-state index contributed by atoms with van der Waals surface area (Å²) in [7, 11) is 3.00. The molecular weight excluding hydrogens is 717 g/mol. The lowest BCUT2D eigenvalue weighted by molar-refractivity contribution is -0.144. The number of Topliss-reactive ketones (excluding diaryl/α,β-unsaturated/α-hetero) is 1. The van der Waals surface area contributed by atoms with Crippen molar-refractivity contribution in [2.24, 2.45) is 23.7 Å². The Morgan fingerprint density at radius 1 is 0.772 bits per heavy atom. The van der Waals surface area contributed by atoms with Crippen molar-refractivity contribution in [3.8, 4) is 17.2 Å². The van der Waals surface area contributed by atoms with Crippen molar-refractivity contribution < 1.29 is 33.8 Å². The fourth-order valence-corrected chi connectivity index (χ4v) is 11.0. The number of hydrogen-bond acceptors (Lipinski definition) is 8. The maximum atomic E-state index is 15.4. The third-order valence-corrected chi connectivity index (χ3v) is 13.4. The molecule has 0 spiro atoms. The highest BCUT2D eigenvalue weighted by Crippen LogP contribution is 2.65. The number of phenols is 1. The number of carbonyl (C=O) groups excluding carboxylic acids is 4. The maximum Gasteiger partial charge on any atom is 0.233 e. The zero-order valence-electron chi connectivity index (χ0n) is 32.2. The fourth-order valence-electron chi connectivity index (χ4n) is 11.0. The van der Waals surface area contributed by atoms with Gasteiger partial charge < -0.3 is 14.6 Å². The average molecular weight is 763 g/mol. The van der Waals surface area contributed by atoms with E-state index < -0.39 is 35.0 Å². The summed E-state index contributed by atoms with van der Waals surface area (Å²) >= 11 is 0. The first kappa shape index (κ1) is 36.8. The lowest BCUT2D eigenvalue weighted by Crippen LogP contribution is -2.59. The molecule has 4 aromatic carbocycles. The van der Waals surface area contributed by atoms with Gasteiger partial charge in [0, 0.05) is 60.8 Å². The Morgan fingerprint density at radius 2 is 1.39 bits per heavy atom. The van der Waals surface area contributed by atoms with Gasteiger partial charge in [0.05, 0.1) is 31.5 Å². The highest BCUT2D eigenvalue weighted by Gasteiger charge is 2.67. The minimum atomic E-state index is -1.46. The summed E-state index contributed by atoms with van der Waals surface area (Å²) in [5.74, 6) is -3.77. The van der Waals surface area contributed by atoms with Crippen molar-refractivity contribution in [2.75, 3.05) is 27.3 Å². The predicted octanol–water partition coefficient (Wildman–Crippen LogP) is 6.90. The minimum Gasteiger partial charge on any atom is -0.508 e. The Balaban J connectivity index is 1.17. The molecule has 2 saturated heterocycles. The number of ketones is 2. The summed E-state index contributed by atoms with van der Waals surface area (Å²) in [6.07, 6.45) is 5.46. The molecule has 0 radical (unpaired) electrons. The number of fused-ring (bicyclic) bond motifs is 4. The Hall–Kier alpha value is -5.80. The minimum absolute atomic E-state index is 0.0814. The molecule has 9 heteroatoms. The van der Waals surface area contributed by atoms with Gasteiger partial charge in [0.15, 0.2) is 11.6 Å². The zero-order chi connectivity index (χ0) is 39.4. The first-order valence-corrected chi connectivity index (χ1v) is 20.0. The summed E-state index contributed by atoms with van der Waals surface area (Å²) < 4.78 is 11.9. The number of likely N-dealkylation sites (tertiary alicyclic amines) is 2. The molecule has 2 amide bonds. The van der Waals surface area contributed by atoms with Crippen molar-refractivity contribution in [3.63, 3.8) is 0 Å². The Labute approximate surface area is 332 Å². The van der Waals surface area contributed by atoms with Crippen molar-refractivity contribution in [2.45, 2.75) is 49.6 Å². The number of hydrogen-bond donors (Lipinski definition) is 1. The summed E-state index contributed by atoms with van der Waals surface area (Å²) in [4.78, 5) is 64.1. The fraction of sp³-hybridized carbons (Fsp3) is 0.333. The van der Waals surface area contributed by atoms with Gasteiger partial charge in [-0.2, -0.15) is 0 Å². The number of phenolic OH excluding ortho intramolecular Hbond substituents is 1. The molecular formula is C48H46N2O7. The lowest BCUT2D eigenvalue weighted by Gasteiger charge is -2.55. The SMILES string of the molecule is COc1cc(O)cc(OC)c1C1C2=CCC3C(=O)N(C4CCN(Cc5ccccc5)CC4)C(=O)C3C2CC2C(=O)C(c3ccccc3)=CC(=O)C21c1ccccc1. The number of benzene rings is 4. The number of imide groups is 1. The van der Waals surface area contributed by atoms with Gasteiger partial charge in [-0.25, -0.2) is 0 Å². The number of piperidine rings is 1. The number of ether oxygens (including phenoxy) is 2. The molecule has 9 rings (SSSR count). The monoisotopic (exact) mass is 762 g/mol. The molecule has 1 saturated carbocycles. The molecule has 3 fully saturated rings. The van der Waals surface area contributed by atoms with E-state index in [9.17, 15) is 14.7 Å². The quantitative estimate of drug-likeness (QED) is 0.153. The van der Waals surface area contributed by atoms with Crippen LogP contribution in [0.2, 0.25) is 0 Å². The van der Waals surface area contributed by atoms with E-state index in [4.69, 9.17) is 9.47 Å². The number of nitrogens with zero attached hydrogens (tertiary/aromatic N) is 2. The molecule has 2 aliphatic heterocycles. The highest BCUT2D eigenvalue weighted by molar-refractivity contribution is 6.31. The number of methoxy groups -OCH3 is 2. The van der Waals surface area contributed by atoms with Crippen LogP contribution in [-0.2, 0) is 31.1 Å². The van der Waals surface area contributed by atoms with Gasteiger partial charge in [-0.1, -0.05) is 103 Å². The van der Waals surface area contributed by atoms with Crippen LogP contribution in [0.25, 0.3) is 5.57 Å².